The van der Waals surface area contributed by atoms with Crippen LogP contribution in [0.5, 0.6) is 0 Å². The van der Waals surface area contributed by atoms with Crippen molar-refractivity contribution in [2.75, 3.05) is 0 Å². The highest BCUT2D eigenvalue weighted by atomic mass is 16.6. The fourth-order valence-corrected chi connectivity index (χ4v) is 0.148. The smallest absolute Gasteiger partial charge is 0.267 e. The van der Waals surface area contributed by atoms with Gasteiger partial charge in [0.2, 0.25) is 5.78 Å². The third-order valence-electron chi connectivity index (χ3n) is 0.905. The zero-order valence-electron chi connectivity index (χ0n) is 4.75. The van der Waals surface area contributed by atoms with Gasteiger partial charge in [-0.15, -0.1) is 0 Å². The molecule has 0 rings (SSSR count). The first kappa shape index (κ1) is 7.07. The van der Waals surface area contributed by atoms with Crippen molar-refractivity contribution in [2.24, 2.45) is 0 Å². The zero-order chi connectivity index (χ0) is 6.73. The second-order valence-corrected chi connectivity index (χ2v) is 1.57. The largest absolute Gasteiger partial charge is 0.292 e. The molecule has 0 bridgehead atoms. The Morgan fingerprint density at radius 3 is 2.12 bits per heavy atom. The van der Waals surface area contributed by atoms with Crippen molar-refractivity contribution in [1.82, 2.24) is 0 Å². The van der Waals surface area contributed by atoms with Crippen molar-refractivity contribution in [3.05, 3.63) is 10.1 Å². The monoisotopic (exact) mass is 117 g/mol. The summed E-state index contributed by atoms with van der Waals surface area (Å²) < 4.78 is 0. The van der Waals surface area contributed by atoms with Crippen LogP contribution in [0.15, 0.2) is 0 Å². The Bertz CT molecular complexity index is 106. The number of hydrogen-bond donors (Lipinski definition) is 0. The van der Waals surface area contributed by atoms with Crippen molar-refractivity contribution in [2.45, 2.75) is 19.9 Å². The summed E-state index contributed by atoms with van der Waals surface area (Å²) in [5.41, 5.74) is 0. The van der Waals surface area contributed by atoms with E-state index in [1.165, 1.54) is 13.8 Å². The van der Waals surface area contributed by atoms with Crippen LogP contribution in [0.3, 0.4) is 0 Å². The molecule has 0 amide bonds. The summed E-state index contributed by atoms with van der Waals surface area (Å²) in [6.45, 7) is 2.47. The average Bonchev–Trinajstić information content (AvgIpc) is 1.64. The van der Waals surface area contributed by atoms with E-state index < -0.39 is 16.7 Å². The Morgan fingerprint density at radius 1 is 1.75 bits per heavy atom. The van der Waals surface area contributed by atoms with Crippen molar-refractivity contribution in [1.29, 1.82) is 0 Å². The van der Waals surface area contributed by atoms with Gasteiger partial charge in [-0.25, -0.2) is 0 Å². The summed E-state index contributed by atoms with van der Waals surface area (Å²) in [6.07, 6.45) is 0. The summed E-state index contributed by atoms with van der Waals surface area (Å²) in [6, 6.07) is -1.05. The van der Waals surface area contributed by atoms with Crippen LogP contribution in [-0.2, 0) is 4.79 Å². The Kier molecular flexibility index (Phi) is 2.12. The van der Waals surface area contributed by atoms with E-state index in [2.05, 4.69) is 0 Å². The van der Waals surface area contributed by atoms with E-state index >= 15 is 0 Å². The van der Waals surface area contributed by atoms with E-state index in [9.17, 15) is 14.9 Å². The van der Waals surface area contributed by atoms with Crippen molar-refractivity contribution in [3.8, 4) is 0 Å². The van der Waals surface area contributed by atoms with Crippen LogP contribution in [0.1, 0.15) is 13.8 Å². The minimum atomic E-state index is -1.05. The van der Waals surface area contributed by atoms with Crippen LogP contribution in [0.2, 0.25) is 0 Å². The van der Waals surface area contributed by atoms with Gasteiger partial charge >= 0.3 is 0 Å². The van der Waals surface area contributed by atoms with E-state index in [0.29, 0.717) is 0 Å². The molecule has 0 aliphatic rings. The van der Waals surface area contributed by atoms with E-state index in [-0.39, 0.29) is 0 Å². The molecule has 0 saturated carbocycles. The molecule has 0 aliphatic heterocycles. The molecule has 0 aromatic rings. The first-order valence-electron chi connectivity index (χ1n) is 2.19. The summed E-state index contributed by atoms with van der Waals surface area (Å²) in [7, 11) is 0. The van der Waals surface area contributed by atoms with E-state index in [0.717, 1.165) is 0 Å². The quantitative estimate of drug-likeness (QED) is 0.384. The molecule has 0 aromatic carbocycles. The van der Waals surface area contributed by atoms with Gasteiger partial charge in [0.1, 0.15) is 0 Å². The molecular formula is C4H7NO3. The Balaban J connectivity index is 3.83. The fourth-order valence-electron chi connectivity index (χ4n) is 0.148. The number of rotatable bonds is 2. The van der Waals surface area contributed by atoms with E-state index in [4.69, 9.17) is 0 Å². The second-order valence-electron chi connectivity index (χ2n) is 1.57. The maximum atomic E-state index is 10.1. The molecule has 0 aliphatic carbocycles. The molecule has 4 heteroatoms. The normalized spacial score (nSPS) is 12.8. The van der Waals surface area contributed by atoms with Gasteiger partial charge in [-0.1, -0.05) is 0 Å². The highest BCUT2D eigenvalue weighted by molar-refractivity contribution is 5.79. The summed E-state index contributed by atoms with van der Waals surface area (Å²) in [5, 5.41) is 9.73. The molecule has 8 heavy (non-hydrogen) atoms. The molecule has 46 valence electrons. The predicted molar refractivity (Wildman–Crippen MR) is 27.1 cm³/mol. The third kappa shape index (κ3) is 1.68. The maximum Gasteiger partial charge on any atom is 0.267 e. The van der Waals surface area contributed by atoms with Gasteiger partial charge in [-0.2, -0.15) is 0 Å². The SMILES string of the molecule is CC(=O)[C@H](C)[N+](=O)[O-]. The van der Waals surface area contributed by atoms with Gasteiger partial charge in [0.05, 0.1) is 0 Å². The van der Waals surface area contributed by atoms with Gasteiger partial charge in [0, 0.05) is 18.8 Å². The van der Waals surface area contributed by atoms with Crippen molar-refractivity contribution in [3.63, 3.8) is 0 Å². The van der Waals surface area contributed by atoms with Gasteiger partial charge in [-0.3, -0.25) is 14.9 Å². The van der Waals surface area contributed by atoms with Crippen LogP contribution in [-0.4, -0.2) is 16.7 Å². The second kappa shape index (κ2) is 2.40. The Hall–Kier alpha value is -0.930. The Labute approximate surface area is 46.6 Å². The van der Waals surface area contributed by atoms with Gasteiger partial charge in [0.15, 0.2) is 0 Å². The van der Waals surface area contributed by atoms with Crippen molar-refractivity contribution >= 4 is 5.78 Å². The minimum absolute atomic E-state index is 0.407. The predicted octanol–water partition coefficient (Wildman–Crippen LogP) is 0.241. The van der Waals surface area contributed by atoms with Crippen LogP contribution >= 0.6 is 0 Å². The topological polar surface area (TPSA) is 60.2 Å². The summed E-state index contributed by atoms with van der Waals surface area (Å²) >= 11 is 0. The van der Waals surface area contributed by atoms with E-state index in [1.807, 2.05) is 0 Å². The highest BCUT2D eigenvalue weighted by Gasteiger charge is 2.17. The average molecular weight is 117 g/mol. The highest BCUT2D eigenvalue weighted by Crippen LogP contribution is 1.87. The molecule has 0 spiro atoms. The van der Waals surface area contributed by atoms with Crippen molar-refractivity contribution < 1.29 is 9.72 Å². The molecule has 4 nitrogen and oxygen atoms in total. The molecule has 0 unspecified atom stereocenters. The standard InChI is InChI=1S/C4H7NO3/c1-3(4(2)6)5(7)8/h3H,1-2H3/t3-/m0/s1. The number of Topliss-reactive ketones (excluding diaryl/α,β-unsaturated/α-hetero) is 1. The number of carbonyl (C=O) groups is 1. The van der Waals surface area contributed by atoms with E-state index in [1.54, 1.807) is 0 Å². The van der Waals surface area contributed by atoms with Crippen LogP contribution in [0, 0.1) is 10.1 Å². The maximum absolute atomic E-state index is 10.1. The van der Waals surface area contributed by atoms with Crippen LogP contribution < -0.4 is 0 Å². The van der Waals surface area contributed by atoms with Crippen LogP contribution in [0.25, 0.3) is 0 Å². The van der Waals surface area contributed by atoms with Crippen LogP contribution in [0.4, 0.5) is 0 Å². The Morgan fingerprint density at radius 2 is 2.12 bits per heavy atom. The molecule has 0 aromatic heterocycles. The number of ketones is 1. The fraction of sp³-hybridized carbons (Fsp3) is 0.750. The molecule has 0 fully saturated rings. The van der Waals surface area contributed by atoms with Gasteiger partial charge in [-0.05, 0) is 0 Å². The molecule has 0 heterocycles. The first-order valence-corrected chi connectivity index (χ1v) is 2.19. The number of nitrogens with zero attached hydrogens (tertiary/aromatic N) is 1. The van der Waals surface area contributed by atoms with Gasteiger partial charge in [0.25, 0.3) is 6.04 Å². The lowest BCUT2D eigenvalue weighted by atomic mass is 10.3. The molecule has 0 radical (unpaired) electrons. The zero-order valence-corrected chi connectivity index (χ0v) is 4.75. The lowest BCUT2D eigenvalue weighted by Crippen LogP contribution is -2.22. The number of hydrogen-bond acceptors (Lipinski definition) is 3. The van der Waals surface area contributed by atoms with Gasteiger partial charge < -0.3 is 0 Å². The molecule has 0 saturated heterocycles. The number of carbonyl (C=O) groups excluding carboxylic acids is 1. The first-order chi connectivity index (χ1) is 3.55. The summed E-state index contributed by atoms with van der Waals surface area (Å²) in [5.74, 6) is -0.407. The lowest BCUT2D eigenvalue weighted by molar-refractivity contribution is -0.502. The molecular weight excluding hydrogens is 110 g/mol. The summed E-state index contributed by atoms with van der Waals surface area (Å²) in [4.78, 5) is 19.3. The molecule has 0 N–H and O–H groups in total. The number of nitro groups is 1. The minimum Gasteiger partial charge on any atom is -0.292 e. The molecule has 1 atom stereocenters. The third-order valence-corrected chi connectivity index (χ3v) is 0.905. The lowest BCUT2D eigenvalue weighted by Gasteiger charge is -1.94.